The summed E-state index contributed by atoms with van der Waals surface area (Å²) in [7, 11) is 5.60. The molecule has 0 saturated carbocycles. The maximum atomic E-state index is 13.3. The van der Waals surface area contributed by atoms with Gasteiger partial charge >= 0.3 is 0 Å². The number of halogens is 3. The Hall–Kier alpha value is -4.67. The van der Waals surface area contributed by atoms with Crippen molar-refractivity contribution < 1.29 is 93.6 Å². The Morgan fingerprint density at radius 3 is 1.43 bits per heavy atom. The average Bonchev–Trinajstić information content (AvgIpc) is 4.07. The SMILES string of the molecule is Cn1ccnc1-c1[c-]cc(F)cc1.Cn1ccnc1-c1[c-]cc(F)cc1F.Cn1ccnc1-c1[c-]cccc1.[Ir].[Ir].[Ir].[Ir].[c-]1ccccc1-c1nccn1Cc1ccccc1. The number of benzene rings is 5. The largest absolute Gasteiger partial charge is 0.373 e. The summed E-state index contributed by atoms with van der Waals surface area (Å²) in [6.45, 7) is 0.832. The van der Waals surface area contributed by atoms with Crippen LogP contribution in [0, 0.1) is 41.7 Å². The molecule has 0 saturated heterocycles. The van der Waals surface area contributed by atoms with Crippen LogP contribution < -0.4 is 0 Å². The molecule has 0 fully saturated rings. The minimum atomic E-state index is -0.653. The minimum absolute atomic E-state index is 0. The molecular formula is C46H37F3Ir4N8-4. The van der Waals surface area contributed by atoms with Crippen molar-refractivity contribution in [3.8, 4) is 45.6 Å². The smallest absolute Gasteiger partial charge is 0.0583 e. The van der Waals surface area contributed by atoms with E-state index < -0.39 is 11.6 Å². The molecule has 9 rings (SSSR count). The van der Waals surface area contributed by atoms with Gasteiger partial charge in [-0.15, -0.1) is 114 Å². The van der Waals surface area contributed by atoms with Crippen LogP contribution >= 0.6 is 0 Å². The standard InChI is InChI=1S/C16H13N2.C10H7F2N2.C10H8FN2.C10H9N2.4Ir/c1-3-7-14(8-4-1)13-18-12-11-17-16(18)15-9-5-2-6-10-15;1-14-5-4-13-10(14)8-3-2-7(11)6-9(8)12;1-13-7-6-12-10(13)8-2-4-9(11)5-3-8;1-12-8-7-11-10(12)9-5-3-2-4-6-9;;;;/h1-9,11-12H,13H2;2,4-6H,1H3;2,4-7H,1H3;2-5,7-8H,1H3;;;;/q4*-1;;;;. The molecule has 0 aliphatic rings. The second-order valence-corrected chi connectivity index (χ2v) is 12.5. The van der Waals surface area contributed by atoms with Crippen LogP contribution in [0.1, 0.15) is 5.56 Å². The van der Waals surface area contributed by atoms with E-state index in [9.17, 15) is 13.2 Å². The average molecular weight is 1530 g/mol. The van der Waals surface area contributed by atoms with Crippen LogP contribution in [0.5, 0.6) is 0 Å². The third-order valence-corrected chi connectivity index (χ3v) is 8.37. The van der Waals surface area contributed by atoms with Crippen molar-refractivity contribution in [2.75, 3.05) is 0 Å². The zero-order chi connectivity index (χ0) is 40.0. The van der Waals surface area contributed by atoms with Crippen LogP contribution in [0.15, 0.2) is 159 Å². The number of nitrogens with zero attached hydrogens (tertiary/aromatic N) is 8. The number of aromatic nitrogens is 8. The molecule has 0 bridgehead atoms. The van der Waals surface area contributed by atoms with Gasteiger partial charge in [0.05, 0.1) is 23.3 Å². The molecule has 0 spiro atoms. The van der Waals surface area contributed by atoms with Crippen LogP contribution in [-0.4, -0.2) is 38.2 Å². The van der Waals surface area contributed by atoms with Crippen molar-refractivity contribution in [3.63, 3.8) is 0 Å². The second-order valence-electron chi connectivity index (χ2n) is 12.5. The molecule has 0 N–H and O–H groups in total. The zero-order valence-electron chi connectivity index (χ0n) is 32.8. The van der Waals surface area contributed by atoms with Crippen LogP contribution in [0.2, 0.25) is 0 Å². The summed E-state index contributed by atoms with van der Waals surface area (Å²) >= 11 is 0. The van der Waals surface area contributed by atoms with Crippen molar-refractivity contribution in [2.24, 2.45) is 21.1 Å². The summed E-state index contributed by atoms with van der Waals surface area (Å²) in [4.78, 5) is 16.7. The van der Waals surface area contributed by atoms with Crippen molar-refractivity contribution in [1.82, 2.24) is 38.2 Å². The fourth-order valence-corrected chi connectivity index (χ4v) is 5.54. The molecule has 8 nitrogen and oxygen atoms in total. The van der Waals surface area contributed by atoms with E-state index in [4.69, 9.17) is 0 Å². The van der Waals surface area contributed by atoms with Crippen LogP contribution in [-0.2, 0) is 108 Å². The molecule has 0 unspecified atom stereocenters. The summed E-state index contributed by atoms with van der Waals surface area (Å²) in [6, 6.07) is 44.1. The normalized spacial score (nSPS) is 9.67. The molecule has 0 aliphatic heterocycles. The fraction of sp³-hybridized carbons (Fsp3) is 0.0870. The van der Waals surface area contributed by atoms with E-state index in [1.165, 1.54) is 17.7 Å². The van der Waals surface area contributed by atoms with Crippen LogP contribution in [0.4, 0.5) is 13.2 Å². The quantitative estimate of drug-likeness (QED) is 0.156. The molecule has 322 valence electrons. The molecule has 4 radical (unpaired) electrons. The molecule has 4 aromatic heterocycles. The number of hydrogen-bond donors (Lipinski definition) is 0. The Morgan fingerprint density at radius 1 is 0.475 bits per heavy atom. The first-order chi connectivity index (χ1) is 27.8. The minimum Gasteiger partial charge on any atom is -0.373 e. The third-order valence-electron chi connectivity index (χ3n) is 8.37. The molecule has 0 amide bonds. The summed E-state index contributed by atoms with van der Waals surface area (Å²) in [5.41, 5.74) is 4.31. The number of imidazole rings is 4. The Morgan fingerprint density at radius 2 is 0.951 bits per heavy atom. The van der Waals surface area contributed by atoms with Gasteiger partial charge < -0.3 is 18.3 Å². The molecule has 0 aliphatic carbocycles. The Kier molecular flexibility index (Phi) is 22.9. The van der Waals surface area contributed by atoms with Gasteiger partial charge in [0.25, 0.3) is 0 Å². The van der Waals surface area contributed by atoms with Crippen molar-refractivity contribution in [2.45, 2.75) is 6.54 Å². The summed E-state index contributed by atoms with van der Waals surface area (Å²) in [5, 5.41) is 0. The maximum Gasteiger partial charge on any atom is 0.0583 e. The van der Waals surface area contributed by atoms with E-state index in [1.54, 1.807) is 42.5 Å². The number of aryl methyl sites for hydroxylation is 3. The van der Waals surface area contributed by atoms with Gasteiger partial charge in [-0.25, -0.2) is 0 Å². The zero-order valence-corrected chi connectivity index (χ0v) is 42.3. The van der Waals surface area contributed by atoms with Gasteiger partial charge in [-0.3, -0.25) is 33.1 Å². The monoisotopic (exact) mass is 1530 g/mol. The van der Waals surface area contributed by atoms with Crippen LogP contribution in [0.3, 0.4) is 0 Å². The van der Waals surface area contributed by atoms with E-state index in [1.807, 2.05) is 103 Å². The number of hydrogen-bond acceptors (Lipinski definition) is 4. The Labute approximate surface area is 407 Å². The first-order valence-electron chi connectivity index (χ1n) is 17.7. The van der Waals surface area contributed by atoms with Crippen molar-refractivity contribution in [1.29, 1.82) is 0 Å². The van der Waals surface area contributed by atoms with E-state index >= 15 is 0 Å². The molecular weight excluding hydrogens is 1490 g/mol. The van der Waals surface area contributed by atoms with Gasteiger partial charge in [0.1, 0.15) is 0 Å². The molecule has 5 aromatic carbocycles. The van der Waals surface area contributed by atoms with Crippen LogP contribution in [0.25, 0.3) is 45.6 Å². The predicted molar refractivity (Wildman–Crippen MR) is 214 cm³/mol. The van der Waals surface area contributed by atoms with Crippen molar-refractivity contribution in [3.05, 3.63) is 206 Å². The van der Waals surface area contributed by atoms with Gasteiger partial charge in [-0.2, -0.15) is 0 Å². The Bertz CT molecular complexity index is 2580. The van der Waals surface area contributed by atoms with Gasteiger partial charge in [0.2, 0.25) is 0 Å². The summed E-state index contributed by atoms with van der Waals surface area (Å²) in [6.07, 6.45) is 14.3. The number of rotatable bonds is 6. The van der Waals surface area contributed by atoms with E-state index in [0.717, 1.165) is 52.8 Å². The molecule has 4 heterocycles. The topological polar surface area (TPSA) is 71.3 Å². The van der Waals surface area contributed by atoms with Gasteiger partial charge in [0, 0.05) is 175 Å². The van der Waals surface area contributed by atoms with E-state index in [-0.39, 0.29) is 91.8 Å². The predicted octanol–water partition coefficient (Wildman–Crippen LogP) is 9.47. The molecule has 9 aromatic rings. The van der Waals surface area contributed by atoms with Crippen molar-refractivity contribution >= 4 is 0 Å². The molecule has 15 heteroatoms. The molecule has 0 atom stereocenters. The maximum absolute atomic E-state index is 13.3. The third kappa shape index (κ3) is 15.0. The van der Waals surface area contributed by atoms with Gasteiger partial charge in [-0.05, 0) is 5.56 Å². The Balaban J connectivity index is 0.000000277. The fourth-order valence-electron chi connectivity index (χ4n) is 5.54. The van der Waals surface area contributed by atoms with Gasteiger partial charge in [-0.1, -0.05) is 42.0 Å². The van der Waals surface area contributed by atoms with E-state index in [0.29, 0.717) is 5.82 Å². The first kappa shape index (κ1) is 52.5. The summed E-state index contributed by atoms with van der Waals surface area (Å²) in [5.74, 6) is 1.57. The summed E-state index contributed by atoms with van der Waals surface area (Å²) < 4.78 is 46.1. The second kappa shape index (κ2) is 26.6. The first-order valence-corrected chi connectivity index (χ1v) is 17.7. The van der Waals surface area contributed by atoms with Gasteiger partial charge in [0.15, 0.2) is 0 Å². The van der Waals surface area contributed by atoms with E-state index in [2.05, 4.69) is 73.0 Å². The molecule has 61 heavy (non-hydrogen) atoms.